The summed E-state index contributed by atoms with van der Waals surface area (Å²) < 4.78 is 22.0. The summed E-state index contributed by atoms with van der Waals surface area (Å²) in [6.07, 6.45) is 1.75. The zero-order valence-electron chi connectivity index (χ0n) is 15.9. The number of rotatable bonds is 5. The summed E-state index contributed by atoms with van der Waals surface area (Å²) >= 11 is 0. The number of aliphatic hydroxyl groups excluding tert-OH is 1. The number of allylic oxidation sites excluding steroid dienone is 1. The van der Waals surface area contributed by atoms with Crippen LogP contribution in [0.4, 0.5) is 0 Å². The number of ketones is 1. The molecule has 6 atom stereocenters. The monoisotopic (exact) mass is 374 g/mol. The minimum Gasteiger partial charge on any atom is -0.493 e. The summed E-state index contributed by atoms with van der Waals surface area (Å²) in [7, 11) is 3.14. The Morgan fingerprint density at radius 2 is 2.11 bits per heavy atom. The van der Waals surface area contributed by atoms with Crippen molar-refractivity contribution in [2.75, 3.05) is 21.0 Å². The van der Waals surface area contributed by atoms with E-state index >= 15 is 0 Å². The molecule has 6 unspecified atom stereocenters. The lowest BCUT2D eigenvalue weighted by molar-refractivity contribution is -0.149. The number of aliphatic hydroxyl groups is 1. The molecule has 4 rings (SSSR count). The molecule has 146 valence electrons. The standard InChI is InChI=1S/C21H26O6/c1-5-6-21-9-15(25-4)18(22)17(20(21)23)16(11(21)2)12-7-13(24-3)19-14(8-12)26-10-27-19/h5,7-8,11,15-17,20,23H,1,6,9-10H2,2-4H3. The van der Waals surface area contributed by atoms with E-state index in [2.05, 4.69) is 13.5 Å². The predicted octanol–water partition coefficient (Wildman–Crippen LogP) is 2.68. The van der Waals surface area contributed by atoms with Gasteiger partial charge in [0.1, 0.15) is 6.10 Å². The maximum Gasteiger partial charge on any atom is 0.231 e. The number of benzene rings is 1. The van der Waals surface area contributed by atoms with Crippen molar-refractivity contribution in [3.05, 3.63) is 30.4 Å². The van der Waals surface area contributed by atoms with Crippen molar-refractivity contribution in [2.45, 2.75) is 37.9 Å². The van der Waals surface area contributed by atoms with Crippen LogP contribution < -0.4 is 14.2 Å². The Bertz CT molecular complexity index is 774. The van der Waals surface area contributed by atoms with E-state index in [-0.39, 0.29) is 24.4 Å². The Labute approximate surface area is 159 Å². The Morgan fingerprint density at radius 1 is 1.33 bits per heavy atom. The van der Waals surface area contributed by atoms with E-state index in [9.17, 15) is 9.90 Å². The van der Waals surface area contributed by atoms with Crippen LogP contribution in [0.1, 0.15) is 31.2 Å². The predicted molar refractivity (Wildman–Crippen MR) is 98.2 cm³/mol. The highest BCUT2D eigenvalue weighted by Gasteiger charge is 2.65. The first-order chi connectivity index (χ1) is 13.0. The average molecular weight is 374 g/mol. The highest BCUT2D eigenvalue weighted by Crippen LogP contribution is 2.63. The fourth-order valence-electron chi connectivity index (χ4n) is 5.49. The Morgan fingerprint density at radius 3 is 2.78 bits per heavy atom. The molecule has 2 bridgehead atoms. The number of Topliss-reactive ketones (excluding diaryl/α,β-unsaturated/α-hetero) is 1. The molecular formula is C21H26O6. The molecular weight excluding hydrogens is 348 g/mol. The van der Waals surface area contributed by atoms with Crippen LogP contribution in [0, 0.1) is 17.3 Å². The van der Waals surface area contributed by atoms with Crippen LogP contribution in [-0.4, -0.2) is 44.1 Å². The summed E-state index contributed by atoms with van der Waals surface area (Å²) in [5, 5.41) is 11.2. The fraction of sp³-hybridized carbons (Fsp3) is 0.571. The molecule has 1 aromatic rings. The number of methoxy groups -OCH3 is 2. The number of ether oxygens (including phenoxy) is 4. The minimum atomic E-state index is -0.731. The van der Waals surface area contributed by atoms with Crippen molar-refractivity contribution in [3.8, 4) is 17.2 Å². The summed E-state index contributed by atoms with van der Waals surface area (Å²) in [4.78, 5) is 13.1. The van der Waals surface area contributed by atoms with Crippen LogP contribution in [0.3, 0.4) is 0 Å². The van der Waals surface area contributed by atoms with E-state index in [0.717, 1.165) is 5.56 Å². The third kappa shape index (κ3) is 2.43. The molecule has 1 aliphatic heterocycles. The topological polar surface area (TPSA) is 74.2 Å². The van der Waals surface area contributed by atoms with E-state index in [4.69, 9.17) is 18.9 Å². The Kier molecular flexibility index (Phi) is 4.43. The summed E-state index contributed by atoms with van der Waals surface area (Å²) in [5.74, 6) is 1.12. The van der Waals surface area contributed by atoms with Crippen molar-refractivity contribution >= 4 is 5.78 Å². The highest BCUT2D eigenvalue weighted by atomic mass is 16.7. The van der Waals surface area contributed by atoms with E-state index in [1.54, 1.807) is 14.2 Å². The van der Waals surface area contributed by atoms with Gasteiger partial charge in [-0.05, 0) is 42.4 Å². The van der Waals surface area contributed by atoms with Crippen molar-refractivity contribution in [2.24, 2.45) is 17.3 Å². The largest absolute Gasteiger partial charge is 0.493 e. The molecule has 0 amide bonds. The molecule has 0 spiro atoms. The van der Waals surface area contributed by atoms with Gasteiger partial charge in [0.25, 0.3) is 0 Å². The van der Waals surface area contributed by atoms with Crippen LogP contribution in [0.5, 0.6) is 17.2 Å². The number of hydrogen-bond acceptors (Lipinski definition) is 6. The van der Waals surface area contributed by atoms with Gasteiger partial charge in [0, 0.05) is 12.5 Å². The van der Waals surface area contributed by atoms with Gasteiger partial charge in [0.15, 0.2) is 17.3 Å². The van der Waals surface area contributed by atoms with Crippen molar-refractivity contribution in [1.29, 1.82) is 0 Å². The molecule has 2 saturated carbocycles. The molecule has 0 aromatic heterocycles. The van der Waals surface area contributed by atoms with Crippen LogP contribution in [0.25, 0.3) is 0 Å². The van der Waals surface area contributed by atoms with Gasteiger partial charge in [-0.1, -0.05) is 13.0 Å². The number of carbonyl (C=O) groups excluding carboxylic acids is 1. The molecule has 6 heteroatoms. The van der Waals surface area contributed by atoms with Crippen LogP contribution in [0.15, 0.2) is 24.8 Å². The van der Waals surface area contributed by atoms with Gasteiger partial charge >= 0.3 is 0 Å². The third-order valence-corrected chi connectivity index (χ3v) is 6.85. The number of hydrogen-bond donors (Lipinski definition) is 1. The number of carbonyl (C=O) groups is 1. The Balaban J connectivity index is 1.84. The van der Waals surface area contributed by atoms with Crippen molar-refractivity contribution in [1.82, 2.24) is 0 Å². The van der Waals surface area contributed by atoms with Crippen LogP contribution in [0.2, 0.25) is 0 Å². The third-order valence-electron chi connectivity index (χ3n) is 6.85. The van der Waals surface area contributed by atoms with Gasteiger partial charge in [-0.15, -0.1) is 6.58 Å². The van der Waals surface area contributed by atoms with Gasteiger partial charge in [-0.25, -0.2) is 0 Å². The zero-order chi connectivity index (χ0) is 19.3. The second kappa shape index (κ2) is 6.53. The zero-order valence-corrected chi connectivity index (χ0v) is 15.9. The lowest BCUT2D eigenvalue weighted by atomic mass is 9.66. The second-order valence-electron chi connectivity index (χ2n) is 7.80. The smallest absolute Gasteiger partial charge is 0.231 e. The maximum absolute atomic E-state index is 13.1. The molecule has 2 fully saturated rings. The van der Waals surface area contributed by atoms with E-state index in [1.165, 1.54) is 0 Å². The van der Waals surface area contributed by atoms with E-state index < -0.39 is 23.5 Å². The molecule has 6 nitrogen and oxygen atoms in total. The normalized spacial score (nSPS) is 36.7. The molecule has 3 aliphatic rings. The first-order valence-electron chi connectivity index (χ1n) is 9.31. The highest BCUT2D eigenvalue weighted by molar-refractivity contribution is 5.89. The van der Waals surface area contributed by atoms with Crippen molar-refractivity contribution < 1.29 is 28.8 Å². The van der Waals surface area contributed by atoms with Crippen LogP contribution >= 0.6 is 0 Å². The first kappa shape index (κ1) is 18.3. The Hall–Kier alpha value is -2.05. The number of fused-ring (bicyclic) bond motifs is 3. The fourth-order valence-corrected chi connectivity index (χ4v) is 5.49. The minimum absolute atomic E-state index is 0.0318. The lowest BCUT2D eigenvalue weighted by Gasteiger charge is -2.42. The maximum atomic E-state index is 13.1. The SMILES string of the molecule is C=CCC12CC(OC)C(=O)C(C(c3cc(OC)c4c(c3)OCO4)C1C)C2O. The summed E-state index contributed by atoms with van der Waals surface area (Å²) in [6.45, 7) is 6.14. The van der Waals surface area contributed by atoms with Crippen LogP contribution in [-0.2, 0) is 9.53 Å². The summed E-state index contributed by atoms with van der Waals surface area (Å²) in [5.41, 5.74) is 0.485. The molecule has 0 radical (unpaired) electrons. The average Bonchev–Trinajstić information content (AvgIpc) is 3.19. The molecule has 1 heterocycles. The molecule has 1 N–H and O–H groups in total. The van der Waals surface area contributed by atoms with Crippen molar-refractivity contribution in [3.63, 3.8) is 0 Å². The molecule has 0 saturated heterocycles. The molecule has 2 aliphatic carbocycles. The second-order valence-corrected chi connectivity index (χ2v) is 7.80. The molecule has 1 aromatic carbocycles. The van der Waals surface area contributed by atoms with Gasteiger partial charge in [0.2, 0.25) is 12.5 Å². The van der Waals surface area contributed by atoms with Gasteiger partial charge in [-0.2, -0.15) is 0 Å². The first-order valence-corrected chi connectivity index (χ1v) is 9.31. The van der Waals surface area contributed by atoms with Gasteiger partial charge < -0.3 is 24.1 Å². The van der Waals surface area contributed by atoms with E-state index in [0.29, 0.717) is 30.1 Å². The lowest BCUT2D eigenvalue weighted by Crippen LogP contribution is -2.50. The van der Waals surface area contributed by atoms with Gasteiger partial charge in [0.05, 0.1) is 19.1 Å². The summed E-state index contributed by atoms with van der Waals surface area (Å²) in [6, 6.07) is 3.81. The molecule has 27 heavy (non-hydrogen) atoms. The van der Waals surface area contributed by atoms with E-state index in [1.807, 2.05) is 18.2 Å². The van der Waals surface area contributed by atoms with Gasteiger partial charge in [-0.3, -0.25) is 4.79 Å². The quantitative estimate of drug-likeness (QED) is 0.799.